The number of nitrogens with one attached hydrogen (secondary N) is 1. The van der Waals surface area contributed by atoms with Crippen molar-refractivity contribution in [3.8, 4) is 0 Å². The third-order valence-electron chi connectivity index (χ3n) is 1.69. The van der Waals surface area contributed by atoms with Crippen molar-refractivity contribution in [3.63, 3.8) is 0 Å². The highest BCUT2D eigenvalue weighted by Gasteiger charge is 2.48. The molecule has 13 heteroatoms. The summed E-state index contributed by atoms with van der Waals surface area (Å²) in [6.45, 7) is -0.162. The van der Waals surface area contributed by atoms with Crippen LogP contribution in [0.15, 0.2) is 0 Å². The van der Waals surface area contributed by atoms with E-state index in [-0.39, 0.29) is 19.3 Å². The third kappa shape index (κ3) is 6.01. The van der Waals surface area contributed by atoms with Crippen LogP contribution < -0.4 is 4.13 Å². The maximum absolute atomic E-state index is 11.9. The normalized spacial score (nSPS) is 20.5. The summed E-state index contributed by atoms with van der Waals surface area (Å²) >= 11 is 0. The van der Waals surface area contributed by atoms with Crippen molar-refractivity contribution in [2.24, 2.45) is 0 Å². The number of hydrogen-bond donors (Lipinski definition) is 1. The predicted molar refractivity (Wildman–Crippen MR) is 53.5 cm³/mol. The Morgan fingerprint density at radius 3 is 2.26 bits per heavy atom. The summed E-state index contributed by atoms with van der Waals surface area (Å²) in [6.07, 6.45) is -0.0691. The molecule has 0 aromatic heterocycles. The van der Waals surface area contributed by atoms with Crippen molar-refractivity contribution >= 4 is 20.3 Å². The lowest BCUT2D eigenvalue weighted by Crippen LogP contribution is -2.41. The fourth-order valence-electron chi connectivity index (χ4n) is 0.787. The number of ether oxygens (including phenoxy) is 2. The zero-order valence-electron chi connectivity index (χ0n) is 9.21. The van der Waals surface area contributed by atoms with Gasteiger partial charge in [-0.05, 0) is 0 Å². The Balaban J connectivity index is 2.34. The first-order chi connectivity index (χ1) is 8.54. The number of sulfonamides is 1. The van der Waals surface area contributed by atoms with Crippen LogP contribution in [-0.4, -0.2) is 54.9 Å². The molecule has 0 spiro atoms. The molecular weight excluding hydrogens is 319 g/mol. The van der Waals surface area contributed by atoms with E-state index in [1.807, 2.05) is 0 Å². The number of halogens is 3. The van der Waals surface area contributed by atoms with E-state index in [2.05, 4.69) is 4.18 Å². The number of alkyl halides is 3. The minimum absolute atomic E-state index is 0.0691. The molecule has 0 radical (unpaired) electrons. The molecule has 1 unspecified atom stereocenters. The van der Waals surface area contributed by atoms with Crippen LogP contribution in [0.2, 0.25) is 0 Å². The Morgan fingerprint density at radius 2 is 1.79 bits per heavy atom. The van der Waals surface area contributed by atoms with Gasteiger partial charge in [0.1, 0.15) is 6.10 Å². The summed E-state index contributed by atoms with van der Waals surface area (Å²) in [5.74, 6) is 0. The number of hydrogen-bond acceptors (Lipinski definition) is 7. The second kappa shape index (κ2) is 5.88. The van der Waals surface area contributed by atoms with Crippen LogP contribution in [0.5, 0.6) is 0 Å². The van der Waals surface area contributed by atoms with Gasteiger partial charge >= 0.3 is 25.8 Å². The summed E-state index contributed by atoms with van der Waals surface area (Å²) in [4.78, 5) is 0. The zero-order chi connectivity index (χ0) is 14.7. The van der Waals surface area contributed by atoms with E-state index in [4.69, 9.17) is 9.47 Å². The van der Waals surface area contributed by atoms with Crippen LogP contribution in [0, 0.1) is 0 Å². The summed E-state index contributed by atoms with van der Waals surface area (Å²) in [5, 5.41) is 0. The molecule has 114 valence electrons. The van der Waals surface area contributed by atoms with Crippen LogP contribution in [0.4, 0.5) is 13.2 Å². The molecule has 0 saturated carbocycles. The fraction of sp³-hybridized carbons (Fsp3) is 1.00. The topological polar surface area (TPSA) is 111 Å². The van der Waals surface area contributed by atoms with Crippen LogP contribution >= 0.6 is 0 Å². The smallest absolute Gasteiger partial charge is 0.376 e. The van der Waals surface area contributed by atoms with Gasteiger partial charge in [0.15, 0.2) is 0 Å². The van der Waals surface area contributed by atoms with Gasteiger partial charge in [0.05, 0.1) is 26.4 Å². The van der Waals surface area contributed by atoms with Crippen molar-refractivity contribution in [2.45, 2.75) is 11.6 Å². The average molecular weight is 329 g/mol. The summed E-state index contributed by atoms with van der Waals surface area (Å²) < 4.78 is 92.5. The molecule has 1 rings (SSSR count). The van der Waals surface area contributed by atoms with Gasteiger partial charge in [0.2, 0.25) is 0 Å². The molecule has 1 saturated heterocycles. The van der Waals surface area contributed by atoms with Gasteiger partial charge in [-0.1, -0.05) is 4.13 Å². The Hall–Kier alpha value is -0.470. The first kappa shape index (κ1) is 16.6. The SMILES string of the molecule is O=S(=O)(NS(=O)(=O)C(F)(F)F)OCCOCC1CO1. The monoisotopic (exact) mass is 329 g/mol. The van der Waals surface area contributed by atoms with Gasteiger partial charge < -0.3 is 9.47 Å². The standard InChI is InChI=1S/C6H10F3NO7S2/c7-6(8,9)18(11,12)10-19(13,14)17-2-1-15-3-5-4-16-5/h5,10H,1-4H2. The summed E-state index contributed by atoms with van der Waals surface area (Å²) in [6, 6.07) is 0. The molecule has 1 heterocycles. The lowest BCUT2D eigenvalue weighted by atomic mass is 10.5. The predicted octanol–water partition coefficient (Wildman–Crippen LogP) is -0.898. The molecule has 1 atom stereocenters. The third-order valence-corrected chi connectivity index (χ3v) is 4.47. The van der Waals surface area contributed by atoms with Gasteiger partial charge in [-0.3, -0.25) is 4.18 Å². The van der Waals surface area contributed by atoms with E-state index in [0.29, 0.717) is 10.7 Å². The minimum atomic E-state index is -6.03. The number of rotatable bonds is 8. The van der Waals surface area contributed by atoms with E-state index >= 15 is 0 Å². The molecular formula is C6H10F3NO7S2. The lowest BCUT2D eigenvalue weighted by Gasteiger charge is -2.10. The van der Waals surface area contributed by atoms with E-state index < -0.39 is 32.4 Å². The van der Waals surface area contributed by atoms with Crippen molar-refractivity contribution in [2.75, 3.05) is 26.4 Å². The van der Waals surface area contributed by atoms with Gasteiger partial charge in [0.25, 0.3) is 0 Å². The van der Waals surface area contributed by atoms with Crippen LogP contribution in [0.25, 0.3) is 0 Å². The minimum Gasteiger partial charge on any atom is -0.376 e. The van der Waals surface area contributed by atoms with E-state index in [0.717, 1.165) is 0 Å². The highest BCUT2D eigenvalue weighted by Crippen LogP contribution is 2.22. The Labute approximate surface area is 107 Å². The molecule has 1 aliphatic heterocycles. The fourth-order valence-corrected chi connectivity index (χ4v) is 2.72. The molecule has 19 heavy (non-hydrogen) atoms. The summed E-state index contributed by atoms with van der Waals surface area (Å²) in [5.41, 5.74) is -5.75. The lowest BCUT2D eigenvalue weighted by molar-refractivity contribution is -0.0442. The highest BCUT2D eigenvalue weighted by atomic mass is 32.3. The molecule has 8 nitrogen and oxygen atoms in total. The second-order valence-electron chi connectivity index (χ2n) is 3.34. The molecule has 0 bridgehead atoms. The summed E-state index contributed by atoms with van der Waals surface area (Å²) in [7, 11) is -11.1. The number of epoxide rings is 1. The van der Waals surface area contributed by atoms with Crippen molar-refractivity contribution in [3.05, 3.63) is 0 Å². The zero-order valence-corrected chi connectivity index (χ0v) is 10.8. The molecule has 1 aliphatic rings. The maximum atomic E-state index is 11.9. The first-order valence-corrected chi connectivity index (χ1v) is 7.61. The molecule has 0 aliphatic carbocycles. The Morgan fingerprint density at radius 1 is 1.21 bits per heavy atom. The molecule has 0 aromatic rings. The largest absolute Gasteiger partial charge is 0.512 e. The quantitative estimate of drug-likeness (QED) is 0.454. The van der Waals surface area contributed by atoms with Crippen molar-refractivity contribution < 1.29 is 43.7 Å². The van der Waals surface area contributed by atoms with Gasteiger partial charge in [-0.15, -0.1) is 0 Å². The van der Waals surface area contributed by atoms with E-state index in [9.17, 15) is 30.0 Å². The second-order valence-corrected chi connectivity index (χ2v) is 6.62. The maximum Gasteiger partial charge on any atom is 0.512 e. The average Bonchev–Trinajstić information content (AvgIpc) is 2.97. The van der Waals surface area contributed by atoms with Crippen molar-refractivity contribution in [1.82, 2.24) is 4.13 Å². The van der Waals surface area contributed by atoms with Gasteiger partial charge in [-0.25, -0.2) is 8.42 Å². The Kier molecular flexibility index (Phi) is 5.14. The molecule has 0 aromatic carbocycles. The van der Waals surface area contributed by atoms with Crippen molar-refractivity contribution in [1.29, 1.82) is 0 Å². The molecule has 1 N–H and O–H groups in total. The van der Waals surface area contributed by atoms with E-state index in [1.165, 1.54) is 0 Å². The van der Waals surface area contributed by atoms with Gasteiger partial charge in [0, 0.05) is 0 Å². The Bertz CT molecular complexity index is 495. The van der Waals surface area contributed by atoms with Crippen LogP contribution in [0.3, 0.4) is 0 Å². The van der Waals surface area contributed by atoms with E-state index in [1.54, 1.807) is 0 Å². The van der Waals surface area contributed by atoms with Gasteiger partial charge in [-0.2, -0.15) is 21.6 Å². The molecule has 1 fully saturated rings. The first-order valence-electron chi connectivity index (χ1n) is 4.72. The molecule has 0 amide bonds. The van der Waals surface area contributed by atoms with Crippen LogP contribution in [-0.2, 0) is 34.0 Å². The van der Waals surface area contributed by atoms with Crippen LogP contribution in [0.1, 0.15) is 0 Å². The highest BCUT2D eigenvalue weighted by molar-refractivity contribution is 8.03.